The molecule has 0 fully saturated rings. The topological polar surface area (TPSA) is 38.7 Å². The Balaban J connectivity index is 1.89. The van der Waals surface area contributed by atoms with Gasteiger partial charge in [-0.05, 0) is 17.2 Å². The summed E-state index contributed by atoms with van der Waals surface area (Å²) in [7, 11) is 0. The van der Waals surface area contributed by atoms with E-state index < -0.39 is 0 Å². The van der Waals surface area contributed by atoms with Crippen LogP contribution in [0.4, 0.5) is 0 Å². The molecular formula is C15H13NO2. The van der Waals surface area contributed by atoms with Crippen LogP contribution < -0.4 is 0 Å². The summed E-state index contributed by atoms with van der Waals surface area (Å²) in [5.41, 5.74) is 2.53. The quantitative estimate of drug-likeness (QED) is 0.457. The Morgan fingerprint density at radius 1 is 1.00 bits per heavy atom. The van der Waals surface area contributed by atoms with Crippen LogP contribution in [0.1, 0.15) is 21.5 Å². The highest BCUT2D eigenvalue weighted by Gasteiger charge is 1.92. The fourth-order valence-corrected chi connectivity index (χ4v) is 1.50. The van der Waals surface area contributed by atoms with Crippen LogP contribution in [0.3, 0.4) is 0 Å². The molecule has 0 N–H and O–H groups in total. The van der Waals surface area contributed by atoms with Crippen molar-refractivity contribution in [2.24, 2.45) is 5.16 Å². The Kier molecular flexibility index (Phi) is 4.25. The lowest BCUT2D eigenvalue weighted by Gasteiger charge is -1.99. The third kappa shape index (κ3) is 3.56. The van der Waals surface area contributed by atoms with Gasteiger partial charge in [-0.3, -0.25) is 4.79 Å². The van der Waals surface area contributed by atoms with Crippen molar-refractivity contribution in [3.8, 4) is 0 Å². The minimum absolute atomic E-state index is 0.435. The van der Waals surface area contributed by atoms with Crippen LogP contribution in [-0.2, 0) is 11.4 Å². The molecule has 0 bridgehead atoms. The Hall–Kier alpha value is -2.42. The van der Waals surface area contributed by atoms with Crippen molar-refractivity contribution in [2.75, 3.05) is 0 Å². The second-order valence-corrected chi connectivity index (χ2v) is 3.78. The highest BCUT2D eigenvalue weighted by atomic mass is 16.6. The molecular weight excluding hydrogens is 226 g/mol. The Labute approximate surface area is 106 Å². The van der Waals surface area contributed by atoms with Gasteiger partial charge in [-0.2, -0.15) is 0 Å². The number of carbonyl (C=O) groups excluding carboxylic acids is 1. The molecule has 0 saturated heterocycles. The largest absolute Gasteiger partial charge is 0.391 e. The van der Waals surface area contributed by atoms with Gasteiger partial charge < -0.3 is 4.84 Å². The van der Waals surface area contributed by atoms with Crippen LogP contribution in [0.15, 0.2) is 59.8 Å². The summed E-state index contributed by atoms with van der Waals surface area (Å²) in [4.78, 5) is 15.8. The monoisotopic (exact) mass is 239 g/mol. The molecule has 0 heterocycles. The van der Waals surface area contributed by atoms with Crippen LogP contribution in [0.5, 0.6) is 0 Å². The molecule has 0 aliphatic heterocycles. The van der Waals surface area contributed by atoms with E-state index in [1.54, 1.807) is 18.3 Å². The van der Waals surface area contributed by atoms with Gasteiger partial charge in [0.2, 0.25) is 0 Å². The molecule has 0 unspecified atom stereocenters. The van der Waals surface area contributed by atoms with Crippen LogP contribution in [-0.4, -0.2) is 12.5 Å². The van der Waals surface area contributed by atoms with Crippen LogP contribution >= 0.6 is 0 Å². The highest BCUT2D eigenvalue weighted by molar-refractivity contribution is 5.83. The SMILES string of the molecule is O=Cc1cccc(C=NOCc2ccccc2)c1. The lowest BCUT2D eigenvalue weighted by atomic mass is 10.1. The minimum atomic E-state index is 0.435. The molecule has 0 atom stereocenters. The van der Waals surface area contributed by atoms with Gasteiger partial charge in [0, 0.05) is 5.56 Å². The zero-order valence-corrected chi connectivity index (χ0v) is 9.82. The van der Waals surface area contributed by atoms with Gasteiger partial charge in [-0.15, -0.1) is 0 Å². The Bertz CT molecular complexity index is 535. The fourth-order valence-electron chi connectivity index (χ4n) is 1.50. The van der Waals surface area contributed by atoms with E-state index in [-0.39, 0.29) is 0 Å². The van der Waals surface area contributed by atoms with E-state index in [4.69, 9.17) is 4.84 Å². The number of hydrogen-bond donors (Lipinski definition) is 0. The molecule has 3 nitrogen and oxygen atoms in total. The molecule has 2 aromatic carbocycles. The van der Waals surface area contributed by atoms with E-state index in [1.807, 2.05) is 42.5 Å². The first-order valence-electron chi connectivity index (χ1n) is 5.63. The van der Waals surface area contributed by atoms with Crippen LogP contribution in [0.25, 0.3) is 0 Å². The number of hydrogen-bond acceptors (Lipinski definition) is 3. The van der Waals surface area contributed by atoms with Crippen molar-refractivity contribution in [1.29, 1.82) is 0 Å². The number of oxime groups is 1. The van der Waals surface area contributed by atoms with E-state index in [1.165, 1.54) is 0 Å². The maximum atomic E-state index is 10.6. The third-order valence-corrected chi connectivity index (χ3v) is 2.40. The summed E-state index contributed by atoms with van der Waals surface area (Å²) in [6, 6.07) is 17.0. The molecule has 0 aliphatic carbocycles. The summed E-state index contributed by atoms with van der Waals surface area (Å²) in [6.07, 6.45) is 2.40. The van der Waals surface area contributed by atoms with Crippen molar-refractivity contribution in [3.63, 3.8) is 0 Å². The molecule has 3 heteroatoms. The molecule has 0 spiro atoms. The molecule has 0 aliphatic rings. The maximum Gasteiger partial charge on any atom is 0.150 e. The summed E-state index contributed by atoms with van der Waals surface area (Å²) < 4.78 is 0. The summed E-state index contributed by atoms with van der Waals surface area (Å²) in [5.74, 6) is 0. The number of benzene rings is 2. The lowest BCUT2D eigenvalue weighted by molar-refractivity contribution is 0.112. The lowest BCUT2D eigenvalue weighted by Crippen LogP contribution is -1.89. The van der Waals surface area contributed by atoms with Gasteiger partial charge in [0.25, 0.3) is 0 Å². The predicted molar refractivity (Wildman–Crippen MR) is 70.7 cm³/mol. The predicted octanol–water partition coefficient (Wildman–Crippen LogP) is 3.05. The average molecular weight is 239 g/mol. The Morgan fingerprint density at radius 3 is 2.56 bits per heavy atom. The van der Waals surface area contributed by atoms with E-state index >= 15 is 0 Å². The zero-order valence-electron chi connectivity index (χ0n) is 9.82. The summed E-state index contributed by atoms with van der Waals surface area (Å²) >= 11 is 0. The summed E-state index contributed by atoms with van der Waals surface area (Å²) in [5, 5.41) is 3.87. The minimum Gasteiger partial charge on any atom is -0.391 e. The molecule has 90 valence electrons. The van der Waals surface area contributed by atoms with E-state index in [9.17, 15) is 4.79 Å². The van der Waals surface area contributed by atoms with Crippen molar-refractivity contribution >= 4 is 12.5 Å². The van der Waals surface area contributed by atoms with Gasteiger partial charge >= 0.3 is 0 Å². The first-order valence-corrected chi connectivity index (χ1v) is 5.63. The van der Waals surface area contributed by atoms with E-state index in [0.29, 0.717) is 12.2 Å². The van der Waals surface area contributed by atoms with Gasteiger partial charge in [-0.25, -0.2) is 0 Å². The van der Waals surface area contributed by atoms with Crippen molar-refractivity contribution < 1.29 is 9.63 Å². The molecule has 2 aromatic rings. The standard InChI is InChI=1S/C15H13NO2/c17-11-15-8-4-7-14(9-15)10-16-18-12-13-5-2-1-3-6-13/h1-11H,12H2. The zero-order chi connectivity index (χ0) is 12.6. The van der Waals surface area contributed by atoms with Crippen molar-refractivity contribution in [3.05, 3.63) is 71.3 Å². The van der Waals surface area contributed by atoms with E-state index in [2.05, 4.69) is 5.16 Å². The molecule has 0 aromatic heterocycles. The molecule has 2 rings (SSSR count). The van der Waals surface area contributed by atoms with Crippen LogP contribution in [0, 0.1) is 0 Å². The number of rotatable bonds is 5. The molecule has 18 heavy (non-hydrogen) atoms. The number of nitrogens with zero attached hydrogens (tertiary/aromatic N) is 1. The molecule has 0 radical (unpaired) electrons. The van der Waals surface area contributed by atoms with Crippen LogP contribution in [0.2, 0.25) is 0 Å². The highest BCUT2D eigenvalue weighted by Crippen LogP contribution is 2.02. The second-order valence-electron chi connectivity index (χ2n) is 3.78. The number of carbonyl (C=O) groups is 1. The first-order chi connectivity index (χ1) is 8.88. The van der Waals surface area contributed by atoms with Gasteiger partial charge in [0.05, 0.1) is 6.21 Å². The second kappa shape index (κ2) is 6.35. The van der Waals surface area contributed by atoms with E-state index in [0.717, 1.165) is 17.4 Å². The van der Waals surface area contributed by atoms with Gasteiger partial charge in [0.15, 0.2) is 0 Å². The Morgan fingerprint density at radius 2 is 1.78 bits per heavy atom. The fraction of sp³-hybridized carbons (Fsp3) is 0.0667. The normalized spacial score (nSPS) is 10.4. The average Bonchev–Trinajstić information content (AvgIpc) is 2.45. The van der Waals surface area contributed by atoms with Gasteiger partial charge in [-0.1, -0.05) is 53.7 Å². The smallest absolute Gasteiger partial charge is 0.150 e. The van der Waals surface area contributed by atoms with Crippen molar-refractivity contribution in [2.45, 2.75) is 6.61 Å². The maximum absolute atomic E-state index is 10.6. The third-order valence-electron chi connectivity index (χ3n) is 2.40. The summed E-state index contributed by atoms with van der Waals surface area (Å²) in [6.45, 7) is 0.435. The number of aldehydes is 1. The van der Waals surface area contributed by atoms with Crippen molar-refractivity contribution in [1.82, 2.24) is 0 Å². The first kappa shape index (κ1) is 12.0. The molecule has 0 saturated carbocycles. The molecule has 0 amide bonds. The van der Waals surface area contributed by atoms with Gasteiger partial charge in [0.1, 0.15) is 12.9 Å².